The quantitative estimate of drug-likeness (QED) is 0.445. The van der Waals surface area contributed by atoms with Gasteiger partial charge in [0.2, 0.25) is 0 Å². The zero-order valence-corrected chi connectivity index (χ0v) is 16.6. The van der Waals surface area contributed by atoms with Crippen LogP contribution in [0.15, 0.2) is 64.5 Å². The Bertz CT molecular complexity index is 839. The molecule has 2 rings (SSSR count). The van der Waals surface area contributed by atoms with E-state index in [1.165, 1.54) is 0 Å². The van der Waals surface area contributed by atoms with Gasteiger partial charge in [-0.2, -0.15) is 0 Å². The molecule has 0 saturated heterocycles. The zero-order chi connectivity index (χ0) is 19.0. The molecule has 0 heterocycles. The van der Waals surface area contributed by atoms with E-state index >= 15 is 0 Å². The van der Waals surface area contributed by atoms with Crippen molar-refractivity contribution in [2.24, 2.45) is 4.99 Å². The van der Waals surface area contributed by atoms with Gasteiger partial charge in [-0.05, 0) is 30.2 Å². The lowest BCUT2D eigenvalue weighted by Gasteiger charge is -2.22. The number of rotatable bonds is 7. The smallest absolute Gasteiger partial charge is 0.193 e. The molecule has 7 heteroatoms. The maximum atomic E-state index is 12.3. The molecule has 0 aliphatic rings. The van der Waals surface area contributed by atoms with E-state index in [9.17, 15) is 8.42 Å². The number of halogens is 1. The number of hydrogen-bond donors (Lipinski definition) is 1. The molecule has 140 valence electrons. The predicted molar refractivity (Wildman–Crippen MR) is 107 cm³/mol. The highest BCUT2D eigenvalue weighted by molar-refractivity contribution is 7.91. The first-order valence-corrected chi connectivity index (χ1v) is 10.4. The highest BCUT2D eigenvalue weighted by Gasteiger charge is 2.14. The van der Waals surface area contributed by atoms with Crippen LogP contribution in [0.3, 0.4) is 0 Å². The lowest BCUT2D eigenvalue weighted by atomic mass is 10.2. The molecule has 0 aliphatic heterocycles. The van der Waals surface area contributed by atoms with Crippen LogP contribution in [0.2, 0.25) is 5.02 Å². The molecular formula is C19H24ClN3O2S. The minimum absolute atomic E-state index is 0.0925. The Morgan fingerprint density at radius 2 is 1.77 bits per heavy atom. The summed E-state index contributed by atoms with van der Waals surface area (Å²) in [6.45, 7) is 1.13. The van der Waals surface area contributed by atoms with Crippen LogP contribution in [0.25, 0.3) is 0 Å². The summed E-state index contributed by atoms with van der Waals surface area (Å²) in [5.74, 6) is 0.789. The Hall–Kier alpha value is -2.05. The van der Waals surface area contributed by atoms with Gasteiger partial charge in [-0.25, -0.2) is 8.42 Å². The van der Waals surface area contributed by atoms with E-state index in [-0.39, 0.29) is 5.75 Å². The average molecular weight is 394 g/mol. The van der Waals surface area contributed by atoms with Crippen molar-refractivity contribution >= 4 is 27.4 Å². The third kappa shape index (κ3) is 5.75. The van der Waals surface area contributed by atoms with Gasteiger partial charge in [0.15, 0.2) is 15.8 Å². The number of aliphatic imine (C=N–C) groups is 1. The SMILES string of the molecule is CN=C(NCCCS(=O)(=O)c1ccccc1)N(C)Cc1ccccc1Cl. The van der Waals surface area contributed by atoms with E-state index in [1.54, 1.807) is 37.4 Å². The van der Waals surface area contributed by atoms with Crippen molar-refractivity contribution in [3.8, 4) is 0 Å². The van der Waals surface area contributed by atoms with Crippen LogP contribution in [-0.2, 0) is 16.4 Å². The minimum Gasteiger partial charge on any atom is -0.356 e. The number of sulfone groups is 1. The zero-order valence-electron chi connectivity index (χ0n) is 15.0. The van der Waals surface area contributed by atoms with E-state index in [0.29, 0.717) is 35.4 Å². The number of benzene rings is 2. The Labute approximate surface area is 160 Å². The fourth-order valence-corrected chi connectivity index (χ4v) is 4.08. The molecular weight excluding hydrogens is 370 g/mol. The molecule has 0 aliphatic carbocycles. The highest BCUT2D eigenvalue weighted by atomic mass is 35.5. The molecule has 0 bridgehead atoms. The van der Waals surface area contributed by atoms with E-state index in [0.717, 1.165) is 5.56 Å². The van der Waals surface area contributed by atoms with Gasteiger partial charge in [-0.3, -0.25) is 4.99 Å². The summed E-state index contributed by atoms with van der Waals surface area (Å²) in [5.41, 5.74) is 1.01. The molecule has 26 heavy (non-hydrogen) atoms. The first-order chi connectivity index (χ1) is 12.4. The monoisotopic (exact) mass is 393 g/mol. The van der Waals surface area contributed by atoms with Gasteiger partial charge in [-0.15, -0.1) is 0 Å². The van der Waals surface area contributed by atoms with Crippen LogP contribution in [0.1, 0.15) is 12.0 Å². The molecule has 0 atom stereocenters. The normalized spacial score (nSPS) is 12.0. The summed E-state index contributed by atoms with van der Waals surface area (Å²) in [6, 6.07) is 16.2. The number of guanidine groups is 1. The van der Waals surface area contributed by atoms with Crippen LogP contribution in [-0.4, -0.2) is 45.7 Å². The molecule has 0 amide bonds. The van der Waals surface area contributed by atoms with E-state index < -0.39 is 9.84 Å². The molecule has 2 aromatic rings. The Morgan fingerprint density at radius 3 is 2.42 bits per heavy atom. The molecule has 0 fully saturated rings. The minimum atomic E-state index is -3.25. The molecule has 5 nitrogen and oxygen atoms in total. The average Bonchev–Trinajstić information content (AvgIpc) is 2.64. The van der Waals surface area contributed by atoms with Crippen LogP contribution in [0.4, 0.5) is 0 Å². The fraction of sp³-hybridized carbons (Fsp3) is 0.316. The molecule has 0 spiro atoms. The highest BCUT2D eigenvalue weighted by Crippen LogP contribution is 2.16. The van der Waals surface area contributed by atoms with Crippen molar-refractivity contribution in [2.75, 3.05) is 26.4 Å². The first-order valence-electron chi connectivity index (χ1n) is 8.37. The second kappa shape index (κ2) is 9.59. The molecule has 0 saturated carbocycles. The van der Waals surface area contributed by atoms with Crippen molar-refractivity contribution in [2.45, 2.75) is 17.9 Å². The summed E-state index contributed by atoms with van der Waals surface area (Å²) < 4.78 is 24.6. The fourth-order valence-electron chi connectivity index (χ4n) is 2.55. The van der Waals surface area contributed by atoms with Gasteiger partial charge in [-0.1, -0.05) is 48.0 Å². The number of nitrogens with one attached hydrogen (secondary N) is 1. The van der Waals surface area contributed by atoms with Gasteiger partial charge in [0, 0.05) is 32.2 Å². The predicted octanol–water partition coefficient (Wildman–Crippen LogP) is 3.21. The van der Waals surface area contributed by atoms with Gasteiger partial charge in [0.05, 0.1) is 10.6 Å². The summed E-state index contributed by atoms with van der Waals surface area (Å²) in [7, 11) is 0.366. The van der Waals surface area contributed by atoms with Gasteiger partial charge in [0.25, 0.3) is 0 Å². The second-order valence-electron chi connectivity index (χ2n) is 5.91. The summed E-state index contributed by atoms with van der Waals surface area (Å²) in [4.78, 5) is 6.56. The van der Waals surface area contributed by atoms with E-state index in [4.69, 9.17) is 11.6 Å². The maximum absolute atomic E-state index is 12.3. The van der Waals surface area contributed by atoms with Crippen LogP contribution in [0, 0.1) is 0 Å². The maximum Gasteiger partial charge on any atom is 0.193 e. The first kappa shape index (κ1) is 20.3. The molecule has 0 aromatic heterocycles. The third-order valence-electron chi connectivity index (χ3n) is 3.91. The Balaban J connectivity index is 1.84. The number of nitrogens with zero attached hydrogens (tertiary/aromatic N) is 2. The third-order valence-corrected chi connectivity index (χ3v) is 6.10. The van der Waals surface area contributed by atoms with Crippen molar-refractivity contribution in [3.63, 3.8) is 0 Å². The second-order valence-corrected chi connectivity index (χ2v) is 8.42. The largest absolute Gasteiger partial charge is 0.356 e. The van der Waals surface area contributed by atoms with E-state index in [1.807, 2.05) is 36.2 Å². The molecule has 0 unspecified atom stereocenters. The molecule has 1 N–H and O–H groups in total. The van der Waals surface area contributed by atoms with Crippen LogP contribution >= 0.6 is 11.6 Å². The van der Waals surface area contributed by atoms with E-state index in [2.05, 4.69) is 10.3 Å². The van der Waals surface area contributed by atoms with Crippen molar-refractivity contribution < 1.29 is 8.42 Å². The Morgan fingerprint density at radius 1 is 1.12 bits per heavy atom. The lowest BCUT2D eigenvalue weighted by molar-refractivity contribution is 0.477. The number of hydrogen-bond acceptors (Lipinski definition) is 3. The van der Waals surface area contributed by atoms with Gasteiger partial charge < -0.3 is 10.2 Å². The summed E-state index contributed by atoms with van der Waals surface area (Å²) in [5, 5.41) is 3.91. The van der Waals surface area contributed by atoms with Crippen LogP contribution < -0.4 is 5.32 Å². The van der Waals surface area contributed by atoms with Crippen molar-refractivity contribution in [1.29, 1.82) is 0 Å². The van der Waals surface area contributed by atoms with Gasteiger partial charge in [0.1, 0.15) is 0 Å². The van der Waals surface area contributed by atoms with Gasteiger partial charge >= 0.3 is 0 Å². The topological polar surface area (TPSA) is 61.8 Å². The summed E-state index contributed by atoms with van der Waals surface area (Å²) in [6.07, 6.45) is 0.496. The molecule has 2 aromatic carbocycles. The van der Waals surface area contributed by atoms with Crippen molar-refractivity contribution in [1.82, 2.24) is 10.2 Å². The summed E-state index contributed by atoms with van der Waals surface area (Å²) >= 11 is 6.20. The lowest BCUT2D eigenvalue weighted by Crippen LogP contribution is -2.39. The Kier molecular flexibility index (Phi) is 7.48. The van der Waals surface area contributed by atoms with Crippen molar-refractivity contribution in [3.05, 3.63) is 65.2 Å². The van der Waals surface area contributed by atoms with Crippen LogP contribution in [0.5, 0.6) is 0 Å². The standard InChI is InChI=1S/C19H24ClN3O2S/c1-21-19(23(2)15-16-9-6-7-12-18(16)20)22-13-8-14-26(24,25)17-10-4-3-5-11-17/h3-7,9-12H,8,13-15H2,1-2H3,(H,21,22). The molecule has 0 radical (unpaired) electrons.